The summed E-state index contributed by atoms with van der Waals surface area (Å²) in [6.45, 7) is 2.42. The van der Waals surface area contributed by atoms with Crippen molar-refractivity contribution in [3.63, 3.8) is 0 Å². The number of aldehydes is 1. The van der Waals surface area contributed by atoms with Gasteiger partial charge in [-0.1, -0.05) is 24.3 Å². The maximum Gasteiger partial charge on any atom is 0.153 e. The van der Waals surface area contributed by atoms with Crippen LogP contribution in [0.1, 0.15) is 21.5 Å². The lowest BCUT2D eigenvalue weighted by Gasteiger charge is -2.11. The number of benzene rings is 2. The third kappa shape index (κ3) is 3.10. The van der Waals surface area contributed by atoms with Gasteiger partial charge in [0.1, 0.15) is 12.4 Å². The van der Waals surface area contributed by atoms with E-state index in [0.29, 0.717) is 17.9 Å². The van der Waals surface area contributed by atoms with Crippen molar-refractivity contribution in [2.45, 2.75) is 13.5 Å². The van der Waals surface area contributed by atoms with Crippen molar-refractivity contribution in [1.82, 2.24) is 0 Å². The van der Waals surface area contributed by atoms with E-state index in [1.54, 1.807) is 6.07 Å². The normalized spacial score (nSPS) is 10.1. The number of rotatable bonds is 4. The van der Waals surface area contributed by atoms with Crippen LogP contribution in [0, 0.1) is 10.5 Å². The number of halogens is 1. The Balaban J connectivity index is 2.15. The van der Waals surface area contributed by atoms with Gasteiger partial charge in [-0.2, -0.15) is 0 Å². The number of carbonyl (C=O) groups is 1. The maximum absolute atomic E-state index is 11.0. The molecule has 0 bridgehead atoms. The Morgan fingerprint density at radius 3 is 2.56 bits per heavy atom. The minimum Gasteiger partial charge on any atom is -0.488 e. The molecule has 0 heterocycles. The predicted molar refractivity (Wildman–Crippen MR) is 80.1 cm³/mol. The van der Waals surface area contributed by atoms with Crippen LogP contribution >= 0.6 is 22.6 Å². The second kappa shape index (κ2) is 6.00. The van der Waals surface area contributed by atoms with Gasteiger partial charge in [-0.15, -0.1) is 0 Å². The highest BCUT2D eigenvalue weighted by Gasteiger charge is 2.06. The van der Waals surface area contributed by atoms with Crippen LogP contribution in [0.25, 0.3) is 0 Å². The molecular formula is C15H13IO2. The molecule has 0 atom stereocenters. The summed E-state index contributed by atoms with van der Waals surface area (Å²) >= 11 is 2.27. The molecule has 2 nitrogen and oxygen atoms in total. The first-order chi connectivity index (χ1) is 8.70. The number of carbonyl (C=O) groups excluding carboxylic acids is 1. The number of ether oxygens (including phenoxy) is 1. The second-order valence-electron chi connectivity index (χ2n) is 4.03. The molecule has 2 aromatic carbocycles. The molecule has 0 aromatic heterocycles. The molecule has 2 rings (SSSR count). The fourth-order valence-corrected chi connectivity index (χ4v) is 2.06. The van der Waals surface area contributed by atoms with Crippen LogP contribution in [0.2, 0.25) is 0 Å². The van der Waals surface area contributed by atoms with E-state index in [-0.39, 0.29) is 0 Å². The lowest BCUT2D eigenvalue weighted by molar-refractivity contribution is 0.111. The molecule has 0 amide bonds. The van der Waals surface area contributed by atoms with E-state index in [1.807, 2.05) is 43.3 Å². The van der Waals surface area contributed by atoms with E-state index in [0.717, 1.165) is 17.4 Å². The van der Waals surface area contributed by atoms with Gasteiger partial charge in [0.05, 0.1) is 5.56 Å². The van der Waals surface area contributed by atoms with E-state index < -0.39 is 0 Å². The minimum absolute atomic E-state index is 0.475. The van der Waals surface area contributed by atoms with Gasteiger partial charge in [0.25, 0.3) is 0 Å². The van der Waals surface area contributed by atoms with Gasteiger partial charge in [0.15, 0.2) is 6.29 Å². The van der Waals surface area contributed by atoms with Crippen molar-refractivity contribution < 1.29 is 9.53 Å². The Kier molecular flexibility index (Phi) is 4.36. The zero-order valence-electron chi connectivity index (χ0n) is 10.0. The van der Waals surface area contributed by atoms with Crippen LogP contribution in [0.3, 0.4) is 0 Å². The van der Waals surface area contributed by atoms with Crippen molar-refractivity contribution in [3.8, 4) is 5.75 Å². The maximum atomic E-state index is 11.0. The van der Waals surface area contributed by atoms with Crippen LogP contribution in [-0.4, -0.2) is 6.29 Å². The van der Waals surface area contributed by atoms with Gasteiger partial charge in [0.2, 0.25) is 0 Å². The highest BCUT2D eigenvalue weighted by Crippen LogP contribution is 2.23. The van der Waals surface area contributed by atoms with Crippen molar-refractivity contribution >= 4 is 28.9 Å². The van der Waals surface area contributed by atoms with Crippen LogP contribution in [0.15, 0.2) is 42.5 Å². The van der Waals surface area contributed by atoms with Crippen LogP contribution < -0.4 is 4.74 Å². The summed E-state index contributed by atoms with van der Waals surface area (Å²) in [4.78, 5) is 11.0. The largest absolute Gasteiger partial charge is 0.488 e. The Morgan fingerprint density at radius 2 is 1.89 bits per heavy atom. The molecule has 0 aliphatic rings. The Labute approximate surface area is 120 Å². The Bertz CT molecular complexity index is 547. The Hall–Kier alpha value is -1.36. The van der Waals surface area contributed by atoms with Gasteiger partial charge in [0, 0.05) is 3.57 Å². The first-order valence-electron chi connectivity index (χ1n) is 5.63. The average molecular weight is 352 g/mol. The molecule has 0 N–H and O–H groups in total. The zero-order chi connectivity index (χ0) is 13.0. The first-order valence-corrected chi connectivity index (χ1v) is 6.70. The lowest BCUT2D eigenvalue weighted by Crippen LogP contribution is -2.00. The van der Waals surface area contributed by atoms with Gasteiger partial charge >= 0.3 is 0 Å². The summed E-state index contributed by atoms with van der Waals surface area (Å²) in [5, 5.41) is 0. The molecule has 0 saturated carbocycles. The molecule has 3 heteroatoms. The summed E-state index contributed by atoms with van der Waals surface area (Å²) < 4.78 is 6.95. The summed E-state index contributed by atoms with van der Waals surface area (Å²) in [5.74, 6) is 0.672. The van der Waals surface area contributed by atoms with Crippen LogP contribution in [-0.2, 0) is 6.61 Å². The molecule has 0 unspecified atom stereocenters. The summed E-state index contributed by atoms with van der Waals surface area (Å²) in [6, 6.07) is 13.7. The number of hydrogen-bond acceptors (Lipinski definition) is 2. The van der Waals surface area contributed by atoms with Gasteiger partial charge in [-0.3, -0.25) is 4.79 Å². The van der Waals surface area contributed by atoms with E-state index in [1.165, 1.54) is 3.57 Å². The van der Waals surface area contributed by atoms with E-state index in [9.17, 15) is 4.79 Å². The minimum atomic E-state index is 0.475. The fourth-order valence-electron chi connectivity index (χ4n) is 1.70. The quantitative estimate of drug-likeness (QED) is 0.614. The monoisotopic (exact) mass is 352 g/mol. The number of aryl methyl sites for hydroxylation is 1. The molecule has 2 aromatic rings. The highest BCUT2D eigenvalue weighted by molar-refractivity contribution is 14.1. The topological polar surface area (TPSA) is 26.3 Å². The van der Waals surface area contributed by atoms with Crippen LogP contribution in [0.4, 0.5) is 0 Å². The Morgan fingerprint density at radius 1 is 1.17 bits per heavy atom. The van der Waals surface area contributed by atoms with E-state index >= 15 is 0 Å². The smallest absolute Gasteiger partial charge is 0.153 e. The zero-order valence-corrected chi connectivity index (χ0v) is 12.2. The molecular weight excluding hydrogens is 339 g/mol. The van der Waals surface area contributed by atoms with Crippen molar-refractivity contribution in [2.24, 2.45) is 0 Å². The SMILES string of the molecule is Cc1cccc(C=O)c1OCc1ccc(I)cc1. The third-order valence-electron chi connectivity index (χ3n) is 2.67. The lowest BCUT2D eigenvalue weighted by atomic mass is 10.1. The van der Waals surface area contributed by atoms with E-state index in [4.69, 9.17) is 4.74 Å². The second-order valence-corrected chi connectivity index (χ2v) is 5.27. The van der Waals surface area contributed by atoms with Gasteiger partial charge in [-0.05, 0) is 58.8 Å². The summed E-state index contributed by atoms with van der Waals surface area (Å²) in [5.41, 5.74) is 2.67. The summed E-state index contributed by atoms with van der Waals surface area (Å²) in [6.07, 6.45) is 0.830. The third-order valence-corrected chi connectivity index (χ3v) is 3.38. The van der Waals surface area contributed by atoms with Crippen molar-refractivity contribution in [2.75, 3.05) is 0 Å². The van der Waals surface area contributed by atoms with Crippen molar-refractivity contribution in [3.05, 3.63) is 62.7 Å². The average Bonchev–Trinajstić information content (AvgIpc) is 2.39. The molecule has 0 spiro atoms. The molecule has 92 valence electrons. The van der Waals surface area contributed by atoms with Gasteiger partial charge < -0.3 is 4.74 Å². The highest BCUT2D eigenvalue weighted by atomic mass is 127. The molecule has 0 aliphatic heterocycles. The molecule has 0 radical (unpaired) electrons. The van der Waals surface area contributed by atoms with Crippen LogP contribution in [0.5, 0.6) is 5.75 Å². The predicted octanol–water partition coefficient (Wildman–Crippen LogP) is 3.99. The summed E-state index contributed by atoms with van der Waals surface area (Å²) in [7, 11) is 0. The molecule has 0 saturated heterocycles. The van der Waals surface area contributed by atoms with E-state index in [2.05, 4.69) is 22.6 Å². The number of para-hydroxylation sites is 1. The fraction of sp³-hybridized carbons (Fsp3) is 0.133. The first kappa shape index (κ1) is 13.1. The molecule has 0 aliphatic carbocycles. The number of hydrogen-bond donors (Lipinski definition) is 0. The molecule has 0 fully saturated rings. The van der Waals surface area contributed by atoms with Crippen molar-refractivity contribution in [1.29, 1.82) is 0 Å². The standard InChI is InChI=1S/C15H13IO2/c1-11-3-2-4-13(9-17)15(11)18-10-12-5-7-14(16)8-6-12/h2-9H,10H2,1H3. The van der Waals surface area contributed by atoms with Gasteiger partial charge in [-0.25, -0.2) is 0 Å². The molecule has 18 heavy (non-hydrogen) atoms.